The van der Waals surface area contributed by atoms with E-state index in [-0.39, 0.29) is 5.78 Å². The first kappa shape index (κ1) is 14.8. The van der Waals surface area contributed by atoms with Gasteiger partial charge in [0.05, 0.1) is 14.2 Å². The van der Waals surface area contributed by atoms with Crippen LogP contribution in [0.15, 0.2) is 36.5 Å². The zero-order chi connectivity index (χ0) is 15.2. The number of rotatable bonds is 6. The number of aryl methyl sites for hydroxylation is 1. The van der Waals surface area contributed by atoms with Gasteiger partial charge in [-0.05, 0) is 37.3 Å². The monoisotopic (exact) mass is 286 g/mol. The highest BCUT2D eigenvalue weighted by Crippen LogP contribution is 2.25. The van der Waals surface area contributed by atoms with Gasteiger partial charge in [0.2, 0.25) is 5.78 Å². The zero-order valence-electron chi connectivity index (χ0n) is 12.4. The van der Waals surface area contributed by atoms with Crippen molar-refractivity contribution in [2.75, 3.05) is 14.2 Å². The molecule has 0 fully saturated rings. The molecule has 0 bridgehead atoms. The molecule has 0 atom stereocenters. The van der Waals surface area contributed by atoms with Crippen LogP contribution in [-0.4, -0.2) is 29.8 Å². The fourth-order valence-electron chi connectivity index (χ4n) is 2.00. The summed E-state index contributed by atoms with van der Waals surface area (Å²) in [5.41, 5.74) is 1.38. The molecule has 0 N–H and O–H groups in total. The first-order chi connectivity index (χ1) is 10.2. The fraction of sp³-hybridized carbons (Fsp3) is 0.250. The molecule has 0 spiro atoms. The summed E-state index contributed by atoms with van der Waals surface area (Å²) in [4.78, 5) is 12.2. The fourth-order valence-corrected chi connectivity index (χ4v) is 2.00. The molecule has 0 amide bonds. The Labute approximate surface area is 123 Å². The maximum atomic E-state index is 12.2. The number of methoxy groups -OCH3 is 2. The summed E-state index contributed by atoms with van der Waals surface area (Å²) in [5, 5.41) is 4.09. The molecule has 21 heavy (non-hydrogen) atoms. The van der Waals surface area contributed by atoms with E-state index >= 15 is 0 Å². The molecule has 0 saturated carbocycles. The van der Waals surface area contributed by atoms with Crippen molar-refractivity contribution >= 4 is 11.9 Å². The lowest BCUT2D eigenvalue weighted by Gasteiger charge is -2.07. The Balaban J connectivity index is 2.23. The second-order valence-corrected chi connectivity index (χ2v) is 4.34. The topological polar surface area (TPSA) is 53.4 Å². The van der Waals surface area contributed by atoms with Crippen LogP contribution in [-0.2, 0) is 6.54 Å². The Morgan fingerprint density at radius 2 is 2.10 bits per heavy atom. The highest BCUT2D eigenvalue weighted by molar-refractivity contribution is 6.05. The molecule has 1 aromatic carbocycles. The summed E-state index contributed by atoms with van der Waals surface area (Å²) in [6, 6.07) is 7.16. The normalized spacial score (nSPS) is 10.8. The molecule has 0 saturated heterocycles. The molecule has 110 valence electrons. The van der Waals surface area contributed by atoms with Crippen LogP contribution in [0.5, 0.6) is 11.5 Å². The van der Waals surface area contributed by atoms with E-state index in [0.717, 1.165) is 5.56 Å². The number of hydrogen-bond donors (Lipinski definition) is 0. The molecular weight excluding hydrogens is 268 g/mol. The molecule has 0 aliphatic carbocycles. The number of aromatic nitrogens is 2. The zero-order valence-corrected chi connectivity index (χ0v) is 12.4. The summed E-state index contributed by atoms with van der Waals surface area (Å²) in [5.74, 6) is 1.27. The van der Waals surface area contributed by atoms with E-state index in [9.17, 15) is 4.79 Å². The van der Waals surface area contributed by atoms with Gasteiger partial charge >= 0.3 is 0 Å². The summed E-state index contributed by atoms with van der Waals surface area (Å²) in [6.45, 7) is 2.60. The number of hydrogen-bond acceptors (Lipinski definition) is 4. The highest BCUT2D eigenvalue weighted by atomic mass is 16.5. The predicted molar refractivity (Wildman–Crippen MR) is 80.8 cm³/mol. The van der Waals surface area contributed by atoms with Gasteiger partial charge in [-0.3, -0.25) is 9.48 Å². The van der Waals surface area contributed by atoms with Crippen molar-refractivity contribution in [3.05, 3.63) is 47.8 Å². The van der Waals surface area contributed by atoms with Gasteiger partial charge < -0.3 is 9.47 Å². The SMILES string of the molecule is CCn1nccc1C(=O)/C=C/c1ccc(OC)cc1OC. The van der Waals surface area contributed by atoms with Gasteiger partial charge in [-0.15, -0.1) is 0 Å². The quantitative estimate of drug-likeness (QED) is 0.605. The number of allylic oxidation sites excluding steroid dienone is 1. The van der Waals surface area contributed by atoms with Crippen LogP contribution in [0.4, 0.5) is 0 Å². The van der Waals surface area contributed by atoms with Crippen LogP contribution in [0.1, 0.15) is 23.0 Å². The van der Waals surface area contributed by atoms with E-state index in [0.29, 0.717) is 23.7 Å². The van der Waals surface area contributed by atoms with E-state index in [1.165, 1.54) is 6.08 Å². The van der Waals surface area contributed by atoms with Gasteiger partial charge in [0.1, 0.15) is 17.2 Å². The lowest BCUT2D eigenvalue weighted by Crippen LogP contribution is -2.07. The second-order valence-electron chi connectivity index (χ2n) is 4.34. The molecule has 5 heteroatoms. The van der Waals surface area contributed by atoms with Crippen LogP contribution >= 0.6 is 0 Å². The Bertz CT molecular complexity index is 659. The number of nitrogens with zero attached hydrogens (tertiary/aromatic N) is 2. The summed E-state index contributed by atoms with van der Waals surface area (Å²) in [6.07, 6.45) is 4.87. The first-order valence-corrected chi connectivity index (χ1v) is 6.65. The number of ether oxygens (including phenoxy) is 2. The molecule has 2 aromatic rings. The maximum Gasteiger partial charge on any atom is 0.203 e. The average Bonchev–Trinajstić information content (AvgIpc) is 3.01. The number of carbonyl (C=O) groups is 1. The van der Waals surface area contributed by atoms with E-state index in [1.807, 2.05) is 19.1 Å². The van der Waals surface area contributed by atoms with Crippen molar-refractivity contribution in [1.82, 2.24) is 9.78 Å². The summed E-state index contributed by atoms with van der Waals surface area (Å²) < 4.78 is 12.1. The smallest absolute Gasteiger partial charge is 0.203 e. The molecule has 1 heterocycles. The maximum absolute atomic E-state index is 12.2. The molecule has 0 aliphatic heterocycles. The third kappa shape index (κ3) is 3.31. The van der Waals surface area contributed by atoms with Crippen molar-refractivity contribution in [2.45, 2.75) is 13.5 Å². The van der Waals surface area contributed by atoms with Crippen LogP contribution in [0.3, 0.4) is 0 Å². The Hall–Kier alpha value is -2.56. The van der Waals surface area contributed by atoms with E-state index in [2.05, 4.69) is 5.10 Å². The Morgan fingerprint density at radius 1 is 1.29 bits per heavy atom. The molecule has 0 unspecified atom stereocenters. The number of ketones is 1. The average molecular weight is 286 g/mol. The van der Waals surface area contributed by atoms with E-state index in [4.69, 9.17) is 9.47 Å². The largest absolute Gasteiger partial charge is 0.497 e. The van der Waals surface area contributed by atoms with Crippen molar-refractivity contribution in [3.63, 3.8) is 0 Å². The molecule has 5 nitrogen and oxygen atoms in total. The van der Waals surface area contributed by atoms with Crippen LogP contribution < -0.4 is 9.47 Å². The standard InChI is InChI=1S/C16H18N2O3/c1-4-18-14(9-10-17-18)15(19)8-6-12-5-7-13(20-2)11-16(12)21-3/h5-11H,4H2,1-3H3/b8-6+. The van der Waals surface area contributed by atoms with Gasteiger partial charge in [0.25, 0.3) is 0 Å². The third-order valence-corrected chi connectivity index (χ3v) is 3.12. The molecule has 0 aliphatic rings. The minimum absolute atomic E-state index is 0.0905. The van der Waals surface area contributed by atoms with Crippen molar-refractivity contribution in [2.24, 2.45) is 0 Å². The summed E-state index contributed by atoms with van der Waals surface area (Å²) in [7, 11) is 3.18. The molecule has 2 rings (SSSR count). The second kappa shape index (κ2) is 6.74. The minimum atomic E-state index is -0.0905. The van der Waals surface area contributed by atoms with Crippen LogP contribution in [0.2, 0.25) is 0 Å². The van der Waals surface area contributed by atoms with Crippen LogP contribution in [0, 0.1) is 0 Å². The van der Waals surface area contributed by atoms with E-state index < -0.39 is 0 Å². The van der Waals surface area contributed by atoms with Gasteiger partial charge in [-0.2, -0.15) is 5.10 Å². The highest BCUT2D eigenvalue weighted by Gasteiger charge is 2.08. The van der Waals surface area contributed by atoms with Crippen molar-refractivity contribution in [3.8, 4) is 11.5 Å². The number of benzene rings is 1. The van der Waals surface area contributed by atoms with Gasteiger partial charge in [0.15, 0.2) is 0 Å². The van der Waals surface area contributed by atoms with Crippen molar-refractivity contribution < 1.29 is 14.3 Å². The molecule has 1 aromatic heterocycles. The number of carbonyl (C=O) groups excluding carboxylic acids is 1. The van der Waals surface area contributed by atoms with Crippen molar-refractivity contribution in [1.29, 1.82) is 0 Å². The van der Waals surface area contributed by atoms with Gasteiger partial charge in [-0.1, -0.05) is 0 Å². The lowest BCUT2D eigenvalue weighted by molar-refractivity contribution is 0.103. The Morgan fingerprint density at radius 3 is 2.76 bits per heavy atom. The van der Waals surface area contributed by atoms with Crippen LogP contribution in [0.25, 0.3) is 6.08 Å². The van der Waals surface area contributed by atoms with E-state index in [1.54, 1.807) is 43.3 Å². The first-order valence-electron chi connectivity index (χ1n) is 6.65. The molecular formula is C16H18N2O3. The third-order valence-electron chi connectivity index (χ3n) is 3.12. The Kier molecular flexibility index (Phi) is 4.77. The lowest BCUT2D eigenvalue weighted by atomic mass is 10.1. The predicted octanol–water partition coefficient (Wildman–Crippen LogP) is 2.82. The molecule has 0 radical (unpaired) electrons. The van der Waals surface area contributed by atoms with Gasteiger partial charge in [0, 0.05) is 24.4 Å². The van der Waals surface area contributed by atoms with Gasteiger partial charge in [-0.25, -0.2) is 0 Å². The minimum Gasteiger partial charge on any atom is -0.497 e. The summed E-state index contributed by atoms with van der Waals surface area (Å²) >= 11 is 0.